The molecule has 2 heterocycles. The minimum Gasteiger partial charge on any atom is -0.379 e. The summed E-state index contributed by atoms with van der Waals surface area (Å²) in [5.74, 6) is -0.448. The fraction of sp³-hybridized carbons (Fsp3) is 0.438. The van der Waals surface area contributed by atoms with Crippen molar-refractivity contribution >= 4 is 16.8 Å². The maximum absolute atomic E-state index is 13.3. The smallest absolute Gasteiger partial charge is 0.268 e. The quantitative estimate of drug-likeness (QED) is 0.903. The number of nitrogens with one attached hydrogen (secondary N) is 2. The molecule has 5 nitrogen and oxygen atoms in total. The molecule has 3 rings (SSSR count). The highest BCUT2D eigenvalue weighted by Gasteiger charge is 2.16. The van der Waals surface area contributed by atoms with E-state index in [1.54, 1.807) is 6.07 Å². The third-order valence-electron chi connectivity index (χ3n) is 4.06. The molecule has 1 amide bonds. The first-order valence-corrected chi connectivity index (χ1v) is 7.51. The minimum absolute atomic E-state index is 0.151. The van der Waals surface area contributed by atoms with Crippen LogP contribution < -0.4 is 5.32 Å². The summed E-state index contributed by atoms with van der Waals surface area (Å²) in [6.07, 6.45) is 0. The normalized spacial score (nSPS) is 16.1. The zero-order valence-electron chi connectivity index (χ0n) is 12.6. The van der Waals surface area contributed by atoms with Crippen molar-refractivity contribution in [1.82, 2.24) is 15.2 Å². The molecular weight excluding hydrogens is 285 g/mol. The lowest BCUT2D eigenvalue weighted by molar-refractivity contribution is 0.0383. The van der Waals surface area contributed by atoms with Gasteiger partial charge in [-0.3, -0.25) is 9.69 Å². The molecule has 1 aliphatic rings. The number of aromatic nitrogens is 1. The van der Waals surface area contributed by atoms with E-state index in [0.29, 0.717) is 12.2 Å². The number of morpholine rings is 1. The highest BCUT2D eigenvalue weighted by molar-refractivity contribution is 6.00. The van der Waals surface area contributed by atoms with Gasteiger partial charge in [-0.25, -0.2) is 4.39 Å². The number of carbonyl (C=O) groups excluding carboxylic acids is 1. The van der Waals surface area contributed by atoms with Crippen molar-refractivity contribution in [2.75, 3.05) is 39.4 Å². The van der Waals surface area contributed by atoms with Gasteiger partial charge in [-0.15, -0.1) is 0 Å². The van der Waals surface area contributed by atoms with Crippen molar-refractivity contribution in [2.24, 2.45) is 0 Å². The predicted molar refractivity (Wildman–Crippen MR) is 82.6 cm³/mol. The predicted octanol–water partition coefficient (Wildman–Crippen LogP) is 1.68. The molecule has 2 N–H and O–H groups in total. The second-order valence-electron chi connectivity index (χ2n) is 5.52. The Morgan fingerprint density at radius 2 is 2.18 bits per heavy atom. The van der Waals surface area contributed by atoms with Crippen molar-refractivity contribution in [2.45, 2.75) is 6.92 Å². The third-order valence-corrected chi connectivity index (χ3v) is 4.06. The van der Waals surface area contributed by atoms with Crippen LogP contribution in [-0.4, -0.2) is 55.2 Å². The number of carbonyl (C=O) groups is 1. The van der Waals surface area contributed by atoms with Crippen molar-refractivity contribution in [3.63, 3.8) is 0 Å². The lowest BCUT2D eigenvalue weighted by Crippen LogP contribution is -2.41. The van der Waals surface area contributed by atoms with Gasteiger partial charge in [0.15, 0.2) is 0 Å². The van der Waals surface area contributed by atoms with E-state index in [0.717, 1.165) is 49.3 Å². The first-order chi connectivity index (χ1) is 10.6. The van der Waals surface area contributed by atoms with Gasteiger partial charge in [-0.1, -0.05) is 0 Å². The number of nitrogens with zero attached hydrogens (tertiary/aromatic N) is 1. The Balaban J connectivity index is 1.63. The summed E-state index contributed by atoms with van der Waals surface area (Å²) < 4.78 is 18.6. The topological polar surface area (TPSA) is 57.4 Å². The van der Waals surface area contributed by atoms with E-state index in [1.165, 1.54) is 12.1 Å². The van der Waals surface area contributed by atoms with E-state index in [9.17, 15) is 9.18 Å². The largest absolute Gasteiger partial charge is 0.379 e. The molecule has 0 radical (unpaired) electrons. The molecule has 0 atom stereocenters. The molecule has 0 spiro atoms. The van der Waals surface area contributed by atoms with Crippen LogP contribution in [0.3, 0.4) is 0 Å². The SMILES string of the molecule is Cc1c(C(=O)NCCN2CCOCC2)[nH]c2ccc(F)cc12. The van der Waals surface area contributed by atoms with E-state index in [-0.39, 0.29) is 11.7 Å². The van der Waals surface area contributed by atoms with E-state index in [1.807, 2.05) is 6.92 Å². The second-order valence-corrected chi connectivity index (χ2v) is 5.52. The van der Waals surface area contributed by atoms with Crippen molar-refractivity contribution in [3.05, 3.63) is 35.3 Å². The highest BCUT2D eigenvalue weighted by atomic mass is 19.1. The van der Waals surface area contributed by atoms with Gasteiger partial charge < -0.3 is 15.0 Å². The number of rotatable bonds is 4. The summed E-state index contributed by atoms with van der Waals surface area (Å²) in [5.41, 5.74) is 2.05. The van der Waals surface area contributed by atoms with Gasteiger partial charge in [0, 0.05) is 37.1 Å². The van der Waals surface area contributed by atoms with E-state index in [2.05, 4.69) is 15.2 Å². The minimum atomic E-state index is -0.297. The molecule has 118 valence electrons. The molecular formula is C16H20FN3O2. The number of aromatic amines is 1. The summed E-state index contributed by atoms with van der Waals surface area (Å²) in [6.45, 7) is 6.53. The Morgan fingerprint density at radius 1 is 1.41 bits per heavy atom. The number of fused-ring (bicyclic) bond motifs is 1. The van der Waals surface area contributed by atoms with E-state index >= 15 is 0 Å². The number of H-pyrrole nitrogens is 1. The molecule has 1 aliphatic heterocycles. The maximum atomic E-state index is 13.3. The summed E-state index contributed by atoms with van der Waals surface area (Å²) in [7, 11) is 0. The van der Waals surface area contributed by atoms with Gasteiger partial charge >= 0.3 is 0 Å². The van der Waals surface area contributed by atoms with Crippen molar-refractivity contribution in [3.8, 4) is 0 Å². The standard InChI is InChI=1S/C16H20FN3O2/c1-11-13-10-12(17)2-3-14(13)19-15(11)16(21)18-4-5-20-6-8-22-9-7-20/h2-3,10,19H,4-9H2,1H3,(H,18,21). The monoisotopic (exact) mass is 305 g/mol. The van der Waals surface area contributed by atoms with Gasteiger partial charge in [0.05, 0.1) is 13.2 Å². The average molecular weight is 305 g/mol. The molecule has 2 aromatic rings. The first kappa shape index (κ1) is 15.0. The number of ether oxygens (including phenoxy) is 1. The summed E-state index contributed by atoms with van der Waals surface area (Å²) in [4.78, 5) is 17.6. The zero-order valence-corrected chi connectivity index (χ0v) is 12.6. The Hall–Kier alpha value is -1.92. The molecule has 1 aromatic carbocycles. The second kappa shape index (κ2) is 6.46. The van der Waals surface area contributed by atoms with Gasteiger partial charge in [0.2, 0.25) is 0 Å². The van der Waals surface area contributed by atoms with Gasteiger partial charge in [0.25, 0.3) is 5.91 Å². The number of halogens is 1. The lowest BCUT2D eigenvalue weighted by Gasteiger charge is -2.26. The van der Waals surface area contributed by atoms with Crippen LogP contribution in [0.2, 0.25) is 0 Å². The number of hydrogen-bond donors (Lipinski definition) is 2. The Bertz CT molecular complexity index is 677. The molecule has 0 bridgehead atoms. The lowest BCUT2D eigenvalue weighted by atomic mass is 10.1. The van der Waals surface area contributed by atoms with Crippen LogP contribution >= 0.6 is 0 Å². The van der Waals surface area contributed by atoms with Crippen LogP contribution in [0.25, 0.3) is 10.9 Å². The molecule has 0 unspecified atom stereocenters. The average Bonchev–Trinajstić information content (AvgIpc) is 2.85. The van der Waals surface area contributed by atoms with Crippen LogP contribution in [0.15, 0.2) is 18.2 Å². The van der Waals surface area contributed by atoms with Crippen LogP contribution in [0.5, 0.6) is 0 Å². The van der Waals surface area contributed by atoms with Gasteiger partial charge in [-0.2, -0.15) is 0 Å². The fourth-order valence-electron chi connectivity index (χ4n) is 2.77. The van der Waals surface area contributed by atoms with E-state index < -0.39 is 0 Å². The molecule has 0 aliphatic carbocycles. The van der Waals surface area contributed by atoms with Crippen LogP contribution in [0.4, 0.5) is 4.39 Å². The summed E-state index contributed by atoms with van der Waals surface area (Å²) >= 11 is 0. The zero-order chi connectivity index (χ0) is 15.5. The third kappa shape index (κ3) is 3.13. The van der Waals surface area contributed by atoms with Gasteiger partial charge in [0.1, 0.15) is 11.5 Å². The summed E-state index contributed by atoms with van der Waals surface area (Å²) in [6, 6.07) is 4.49. The van der Waals surface area contributed by atoms with Crippen LogP contribution in [0.1, 0.15) is 16.1 Å². The number of aryl methyl sites for hydroxylation is 1. The van der Waals surface area contributed by atoms with Crippen LogP contribution in [-0.2, 0) is 4.74 Å². The molecule has 0 saturated carbocycles. The molecule has 22 heavy (non-hydrogen) atoms. The number of hydrogen-bond acceptors (Lipinski definition) is 3. The van der Waals surface area contributed by atoms with Crippen LogP contribution in [0, 0.1) is 12.7 Å². The Kier molecular flexibility index (Phi) is 4.40. The molecule has 1 aromatic heterocycles. The number of benzene rings is 1. The Labute approximate surface area is 128 Å². The highest BCUT2D eigenvalue weighted by Crippen LogP contribution is 2.22. The van der Waals surface area contributed by atoms with E-state index in [4.69, 9.17) is 4.74 Å². The maximum Gasteiger partial charge on any atom is 0.268 e. The molecule has 1 saturated heterocycles. The summed E-state index contributed by atoms with van der Waals surface area (Å²) in [5, 5.41) is 3.66. The van der Waals surface area contributed by atoms with Gasteiger partial charge in [-0.05, 0) is 30.7 Å². The first-order valence-electron chi connectivity index (χ1n) is 7.51. The Morgan fingerprint density at radius 3 is 2.95 bits per heavy atom. The molecule has 1 fully saturated rings. The van der Waals surface area contributed by atoms with Crippen molar-refractivity contribution in [1.29, 1.82) is 0 Å². The van der Waals surface area contributed by atoms with Crippen molar-refractivity contribution < 1.29 is 13.9 Å². The molecule has 6 heteroatoms. The fourth-order valence-corrected chi connectivity index (χ4v) is 2.77. The number of amides is 1.